The standard InChI is InChI=1S/C15H23NO2/c1-5-13(16)9-12-7-6-8-14(17-4)15(12)18-10-11(2)3/h6-8,13H,2,5,9-10,16H2,1,3-4H3. The number of hydrogen-bond donors (Lipinski definition) is 1. The second-order valence-corrected chi connectivity index (χ2v) is 4.57. The molecular formula is C15H23NO2. The van der Waals surface area contributed by atoms with Crippen molar-refractivity contribution in [3.05, 3.63) is 35.9 Å². The molecule has 0 aliphatic carbocycles. The van der Waals surface area contributed by atoms with Crippen molar-refractivity contribution in [2.75, 3.05) is 13.7 Å². The van der Waals surface area contributed by atoms with Gasteiger partial charge in [-0.15, -0.1) is 0 Å². The third-order valence-corrected chi connectivity index (χ3v) is 2.75. The molecule has 0 heterocycles. The molecule has 0 aliphatic heterocycles. The van der Waals surface area contributed by atoms with Gasteiger partial charge in [0.1, 0.15) is 6.61 Å². The van der Waals surface area contributed by atoms with Gasteiger partial charge in [-0.25, -0.2) is 0 Å². The van der Waals surface area contributed by atoms with Crippen LogP contribution in [0.25, 0.3) is 0 Å². The van der Waals surface area contributed by atoms with Gasteiger partial charge in [0.2, 0.25) is 0 Å². The van der Waals surface area contributed by atoms with Crippen molar-refractivity contribution in [3.8, 4) is 11.5 Å². The molecular weight excluding hydrogens is 226 g/mol. The topological polar surface area (TPSA) is 44.5 Å². The summed E-state index contributed by atoms with van der Waals surface area (Å²) in [7, 11) is 1.65. The summed E-state index contributed by atoms with van der Waals surface area (Å²) < 4.78 is 11.1. The predicted octanol–water partition coefficient (Wildman–Crippen LogP) is 2.93. The first-order chi connectivity index (χ1) is 8.58. The van der Waals surface area contributed by atoms with Crippen LogP contribution in [0.15, 0.2) is 30.4 Å². The molecule has 0 aromatic heterocycles. The molecule has 18 heavy (non-hydrogen) atoms. The third kappa shape index (κ3) is 4.08. The molecule has 0 amide bonds. The minimum absolute atomic E-state index is 0.143. The molecule has 2 N–H and O–H groups in total. The second-order valence-electron chi connectivity index (χ2n) is 4.57. The second kappa shape index (κ2) is 7.07. The Labute approximate surface area is 110 Å². The molecule has 0 saturated carbocycles. The van der Waals surface area contributed by atoms with Crippen LogP contribution in [0.2, 0.25) is 0 Å². The zero-order valence-electron chi connectivity index (χ0n) is 11.5. The highest BCUT2D eigenvalue weighted by molar-refractivity contribution is 5.47. The fraction of sp³-hybridized carbons (Fsp3) is 0.467. The lowest BCUT2D eigenvalue weighted by Crippen LogP contribution is -2.22. The van der Waals surface area contributed by atoms with E-state index >= 15 is 0 Å². The summed E-state index contributed by atoms with van der Waals surface area (Å²) in [4.78, 5) is 0. The summed E-state index contributed by atoms with van der Waals surface area (Å²) in [6.45, 7) is 8.36. The fourth-order valence-corrected chi connectivity index (χ4v) is 1.67. The molecule has 0 aliphatic rings. The Bertz CT molecular complexity index is 401. The summed E-state index contributed by atoms with van der Waals surface area (Å²) in [6.07, 6.45) is 1.73. The van der Waals surface area contributed by atoms with Gasteiger partial charge in [0.15, 0.2) is 11.5 Å². The highest BCUT2D eigenvalue weighted by Gasteiger charge is 2.12. The summed E-state index contributed by atoms with van der Waals surface area (Å²) >= 11 is 0. The Morgan fingerprint density at radius 3 is 2.72 bits per heavy atom. The molecule has 0 saturated heterocycles. The molecule has 1 unspecified atom stereocenters. The van der Waals surface area contributed by atoms with Crippen molar-refractivity contribution in [1.82, 2.24) is 0 Å². The fourth-order valence-electron chi connectivity index (χ4n) is 1.67. The monoisotopic (exact) mass is 249 g/mol. The van der Waals surface area contributed by atoms with E-state index in [9.17, 15) is 0 Å². The third-order valence-electron chi connectivity index (χ3n) is 2.75. The van der Waals surface area contributed by atoms with Crippen molar-refractivity contribution < 1.29 is 9.47 Å². The number of hydrogen-bond acceptors (Lipinski definition) is 3. The van der Waals surface area contributed by atoms with E-state index in [1.807, 2.05) is 25.1 Å². The van der Waals surface area contributed by atoms with Gasteiger partial charge in [0.25, 0.3) is 0 Å². The van der Waals surface area contributed by atoms with Crippen molar-refractivity contribution in [2.45, 2.75) is 32.7 Å². The SMILES string of the molecule is C=C(C)COc1c(CC(N)CC)cccc1OC. The van der Waals surface area contributed by atoms with Gasteiger partial charge in [-0.2, -0.15) is 0 Å². The van der Waals surface area contributed by atoms with Crippen LogP contribution >= 0.6 is 0 Å². The summed E-state index contributed by atoms with van der Waals surface area (Å²) in [5.41, 5.74) is 8.07. The lowest BCUT2D eigenvalue weighted by atomic mass is 10.0. The highest BCUT2D eigenvalue weighted by atomic mass is 16.5. The zero-order valence-corrected chi connectivity index (χ0v) is 11.5. The Kier molecular flexibility index (Phi) is 5.72. The van der Waals surface area contributed by atoms with E-state index in [2.05, 4.69) is 13.5 Å². The maximum absolute atomic E-state index is 6.01. The van der Waals surface area contributed by atoms with E-state index in [-0.39, 0.29) is 6.04 Å². The van der Waals surface area contributed by atoms with Crippen molar-refractivity contribution in [3.63, 3.8) is 0 Å². The van der Waals surface area contributed by atoms with Crippen LogP contribution in [-0.2, 0) is 6.42 Å². The van der Waals surface area contributed by atoms with E-state index in [0.717, 1.165) is 35.5 Å². The Morgan fingerprint density at radius 2 is 2.17 bits per heavy atom. The molecule has 1 aromatic rings. The molecule has 0 spiro atoms. The van der Waals surface area contributed by atoms with Crippen molar-refractivity contribution in [2.24, 2.45) is 5.73 Å². The van der Waals surface area contributed by atoms with Crippen LogP contribution in [0.3, 0.4) is 0 Å². The van der Waals surface area contributed by atoms with E-state index in [0.29, 0.717) is 6.61 Å². The lowest BCUT2D eigenvalue weighted by molar-refractivity contribution is 0.315. The molecule has 1 aromatic carbocycles. The number of rotatable bonds is 7. The van der Waals surface area contributed by atoms with Crippen LogP contribution in [-0.4, -0.2) is 19.8 Å². The van der Waals surface area contributed by atoms with Crippen molar-refractivity contribution in [1.29, 1.82) is 0 Å². The summed E-state index contributed by atoms with van der Waals surface area (Å²) in [5, 5.41) is 0. The first kappa shape index (κ1) is 14.6. The maximum Gasteiger partial charge on any atom is 0.164 e. The maximum atomic E-state index is 6.01. The highest BCUT2D eigenvalue weighted by Crippen LogP contribution is 2.32. The van der Waals surface area contributed by atoms with Crippen LogP contribution < -0.4 is 15.2 Å². The molecule has 1 rings (SSSR count). The molecule has 1 atom stereocenters. The van der Waals surface area contributed by atoms with E-state index in [1.165, 1.54) is 0 Å². The van der Waals surface area contributed by atoms with Crippen molar-refractivity contribution >= 4 is 0 Å². The number of benzene rings is 1. The van der Waals surface area contributed by atoms with Gasteiger partial charge in [-0.1, -0.05) is 25.6 Å². The predicted molar refractivity (Wildman–Crippen MR) is 75.3 cm³/mol. The van der Waals surface area contributed by atoms with Gasteiger partial charge in [0.05, 0.1) is 7.11 Å². The smallest absolute Gasteiger partial charge is 0.164 e. The molecule has 0 fully saturated rings. The lowest BCUT2D eigenvalue weighted by Gasteiger charge is -2.17. The Hall–Kier alpha value is -1.48. The summed E-state index contributed by atoms with van der Waals surface area (Å²) in [5.74, 6) is 1.53. The van der Waals surface area contributed by atoms with Crippen LogP contribution in [0.4, 0.5) is 0 Å². The average Bonchev–Trinajstić information content (AvgIpc) is 2.36. The molecule has 3 heteroatoms. The molecule has 0 radical (unpaired) electrons. The first-order valence-electron chi connectivity index (χ1n) is 6.27. The number of methoxy groups -OCH3 is 1. The van der Waals surface area contributed by atoms with Gasteiger partial charge < -0.3 is 15.2 Å². The number of nitrogens with two attached hydrogens (primary N) is 1. The molecule has 100 valence electrons. The summed E-state index contributed by atoms with van der Waals surface area (Å²) in [6, 6.07) is 6.04. The van der Waals surface area contributed by atoms with E-state index in [1.54, 1.807) is 7.11 Å². The zero-order chi connectivity index (χ0) is 13.5. The normalized spacial score (nSPS) is 12.0. The average molecular weight is 249 g/mol. The minimum atomic E-state index is 0.143. The van der Waals surface area contributed by atoms with Gasteiger partial charge in [-0.3, -0.25) is 0 Å². The Balaban J connectivity index is 2.96. The van der Waals surface area contributed by atoms with Crippen LogP contribution in [0.1, 0.15) is 25.8 Å². The van der Waals surface area contributed by atoms with Crippen LogP contribution in [0.5, 0.6) is 11.5 Å². The number of para-hydroxylation sites is 1. The Morgan fingerprint density at radius 1 is 1.44 bits per heavy atom. The van der Waals surface area contributed by atoms with Gasteiger partial charge >= 0.3 is 0 Å². The molecule has 3 nitrogen and oxygen atoms in total. The van der Waals surface area contributed by atoms with E-state index in [4.69, 9.17) is 15.2 Å². The largest absolute Gasteiger partial charge is 0.493 e. The first-order valence-corrected chi connectivity index (χ1v) is 6.27. The molecule has 0 bridgehead atoms. The van der Waals surface area contributed by atoms with Gasteiger partial charge in [-0.05, 0) is 37.0 Å². The van der Waals surface area contributed by atoms with Crippen LogP contribution in [0, 0.1) is 0 Å². The number of ether oxygens (including phenoxy) is 2. The van der Waals surface area contributed by atoms with E-state index < -0.39 is 0 Å². The minimum Gasteiger partial charge on any atom is -0.493 e. The van der Waals surface area contributed by atoms with Gasteiger partial charge in [0, 0.05) is 6.04 Å². The quantitative estimate of drug-likeness (QED) is 0.756.